The molecule has 1 amide bonds. The summed E-state index contributed by atoms with van der Waals surface area (Å²) in [5.41, 5.74) is 1.63. The number of hydrogen-bond acceptors (Lipinski definition) is 6. The summed E-state index contributed by atoms with van der Waals surface area (Å²) in [4.78, 5) is 40.9. The average molecular weight is 400 g/mol. The van der Waals surface area contributed by atoms with Gasteiger partial charge in [-0.1, -0.05) is 42.0 Å². The Labute approximate surface area is 171 Å². The van der Waals surface area contributed by atoms with Crippen molar-refractivity contribution in [2.75, 3.05) is 18.4 Å². The number of hydrogen-bond donors (Lipinski definition) is 2. The number of carbonyl (C=O) groups excluding carboxylic acids is 2. The molecule has 4 aliphatic rings. The zero-order valence-corrected chi connectivity index (χ0v) is 16.0. The highest BCUT2D eigenvalue weighted by molar-refractivity contribution is 6.29. The van der Waals surface area contributed by atoms with Crippen molar-refractivity contribution in [3.63, 3.8) is 0 Å². The number of rotatable bonds is 1. The van der Waals surface area contributed by atoms with E-state index >= 15 is 0 Å². The van der Waals surface area contributed by atoms with Crippen LogP contribution in [0.1, 0.15) is 27.0 Å². The molecule has 1 atom stereocenters. The lowest BCUT2D eigenvalue weighted by atomic mass is 9.69. The van der Waals surface area contributed by atoms with Gasteiger partial charge in [0.25, 0.3) is 5.91 Å². The van der Waals surface area contributed by atoms with Gasteiger partial charge in [-0.25, -0.2) is 0 Å². The molecule has 3 aliphatic heterocycles. The zero-order valence-electron chi connectivity index (χ0n) is 16.0. The van der Waals surface area contributed by atoms with Crippen molar-refractivity contribution >= 4 is 23.1 Å². The molecule has 1 spiro atoms. The Morgan fingerprint density at radius 1 is 1.13 bits per heavy atom. The van der Waals surface area contributed by atoms with E-state index in [1.807, 2.05) is 25.1 Å². The SMILES string of the molecule is Cc1ccc2c(c1)C1(C(=O)N2)C2=C(c3ccccc3C2=O)N2CCNC2=C1[N+](=O)[O-]. The number of benzene rings is 2. The quantitative estimate of drug-likeness (QED) is 0.562. The monoisotopic (exact) mass is 400 g/mol. The summed E-state index contributed by atoms with van der Waals surface area (Å²) in [5.74, 6) is -0.618. The van der Waals surface area contributed by atoms with Crippen LogP contribution in [-0.4, -0.2) is 34.6 Å². The van der Waals surface area contributed by atoms with Gasteiger partial charge in [0, 0.05) is 35.5 Å². The van der Waals surface area contributed by atoms with Crippen LogP contribution in [0.5, 0.6) is 0 Å². The highest BCUT2D eigenvalue weighted by Crippen LogP contribution is 2.58. The Morgan fingerprint density at radius 2 is 1.90 bits per heavy atom. The molecule has 1 aliphatic carbocycles. The largest absolute Gasteiger partial charge is 0.364 e. The van der Waals surface area contributed by atoms with Gasteiger partial charge in [0.15, 0.2) is 11.6 Å². The number of ketones is 1. The van der Waals surface area contributed by atoms with Crippen molar-refractivity contribution in [2.24, 2.45) is 0 Å². The predicted octanol–water partition coefficient (Wildman–Crippen LogP) is 2.16. The molecule has 2 aromatic rings. The van der Waals surface area contributed by atoms with E-state index in [1.54, 1.807) is 29.2 Å². The molecule has 0 radical (unpaired) electrons. The van der Waals surface area contributed by atoms with Crippen LogP contribution in [0.15, 0.2) is 59.6 Å². The molecule has 6 rings (SSSR count). The van der Waals surface area contributed by atoms with Gasteiger partial charge in [0.2, 0.25) is 5.41 Å². The van der Waals surface area contributed by atoms with Gasteiger partial charge in [-0.3, -0.25) is 19.7 Å². The van der Waals surface area contributed by atoms with E-state index in [2.05, 4.69) is 10.6 Å². The number of amides is 1. The lowest BCUT2D eigenvalue weighted by Gasteiger charge is -2.35. The number of nitrogens with one attached hydrogen (secondary N) is 2. The molecular formula is C22H16N4O4. The third kappa shape index (κ3) is 1.73. The van der Waals surface area contributed by atoms with Crippen LogP contribution < -0.4 is 10.6 Å². The molecule has 1 unspecified atom stereocenters. The van der Waals surface area contributed by atoms with Crippen LogP contribution in [0.2, 0.25) is 0 Å². The highest BCUT2D eigenvalue weighted by atomic mass is 16.6. The Hall–Kier alpha value is -3.94. The molecule has 3 heterocycles. The molecule has 2 N–H and O–H groups in total. The molecule has 1 saturated heterocycles. The second kappa shape index (κ2) is 5.35. The number of nitro groups is 1. The van der Waals surface area contributed by atoms with Crippen molar-refractivity contribution in [1.82, 2.24) is 10.2 Å². The van der Waals surface area contributed by atoms with Gasteiger partial charge in [-0.05, 0) is 13.0 Å². The van der Waals surface area contributed by atoms with Gasteiger partial charge in [0.1, 0.15) is 0 Å². The summed E-state index contributed by atoms with van der Waals surface area (Å²) in [6.07, 6.45) is 0. The minimum absolute atomic E-state index is 0.171. The Bertz CT molecular complexity index is 1290. The summed E-state index contributed by atoms with van der Waals surface area (Å²) in [7, 11) is 0. The molecule has 0 saturated carbocycles. The van der Waals surface area contributed by atoms with E-state index in [9.17, 15) is 19.7 Å². The van der Waals surface area contributed by atoms with Crippen LogP contribution in [-0.2, 0) is 10.2 Å². The average Bonchev–Trinajstić information content (AvgIpc) is 3.38. The first-order valence-electron chi connectivity index (χ1n) is 9.68. The number of carbonyl (C=O) groups is 2. The molecule has 1 fully saturated rings. The summed E-state index contributed by atoms with van der Waals surface area (Å²) >= 11 is 0. The Balaban J connectivity index is 1.80. The number of aryl methyl sites for hydroxylation is 1. The van der Waals surface area contributed by atoms with Crippen molar-refractivity contribution in [3.8, 4) is 0 Å². The number of fused-ring (bicyclic) bond motifs is 7. The van der Waals surface area contributed by atoms with E-state index in [1.165, 1.54) is 0 Å². The van der Waals surface area contributed by atoms with Crippen LogP contribution in [0.25, 0.3) is 5.70 Å². The number of Topliss-reactive ketones (excluding diaryl/α,β-unsaturated/α-hetero) is 1. The van der Waals surface area contributed by atoms with Gasteiger partial charge in [-0.15, -0.1) is 0 Å². The number of anilines is 1. The van der Waals surface area contributed by atoms with Crippen molar-refractivity contribution in [2.45, 2.75) is 12.3 Å². The minimum atomic E-state index is -1.81. The van der Waals surface area contributed by atoms with Gasteiger partial charge in [-0.2, -0.15) is 0 Å². The molecule has 8 heteroatoms. The van der Waals surface area contributed by atoms with Crippen molar-refractivity contribution < 1.29 is 14.5 Å². The fourth-order valence-electron chi connectivity index (χ4n) is 5.24. The molecular weight excluding hydrogens is 384 g/mol. The normalized spacial score (nSPS) is 23.3. The lowest BCUT2D eigenvalue weighted by molar-refractivity contribution is -0.435. The maximum Gasteiger partial charge on any atom is 0.310 e. The standard InChI is InChI=1S/C22H16N4O4/c1-11-6-7-15-14(10-11)22(21(28)24-15)16-17(12-4-2-3-5-13(12)18(16)27)25-9-8-23-20(25)19(22)26(29)30/h2-7,10,23H,8-9H2,1H3,(H,24,28). The van der Waals surface area contributed by atoms with E-state index in [0.717, 1.165) is 5.56 Å². The van der Waals surface area contributed by atoms with Crippen LogP contribution in [0.3, 0.4) is 0 Å². The summed E-state index contributed by atoms with van der Waals surface area (Å²) in [6.45, 7) is 2.82. The molecule has 2 aromatic carbocycles. The molecule has 30 heavy (non-hydrogen) atoms. The van der Waals surface area contributed by atoms with E-state index in [-0.39, 0.29) is 22.9 Å². The summed E-state index contributed by atoms with van der Waals surface area (Å²) in [5, 5.41) is 18.3. The van der Waals surface area contributed by atoms with Crippen LogP contribution in [0, 0.1) is 17.0 Å². The second-order valence-corrected chi connectivity index (χ2v) is 7.88. The summed E-state index contributed by atoms with van der Waals surface area (Å²) < 4.78 is 0. The first-order chi connectivity index (χ1) is 14.5. The molecule has 0 bridgehead atoms. The highest BCUT2D eigenvalue weighted by Gasteiger charge is 2.67. The van der Waals surface area contributed by atoms with E-state index in [0.29, 0.717) is 41.2 Å². The van der Waals surface area contributed by atoms with Crippen molar-refractivity contribution in [3.05, 3.63) is 91.9 Å². The summed E-state index contributed by atoms with van der Waals surface area (Å²) in [6, 6.07) is 12.5. The van der Waals surface area contributed by atoms with E-state index in [4.69, 9.17) is 0 Å². The van der Waals surface area contributed by atoms with E-state index < -0.39 is 16.2 Å². The second-order valence-electron chi connectivity index (χ2n) is 7.88. The maximum absolute atomic E-state index is 13.7. The topological polar surface area (TPSA) is 105 Å². The minimum Gasteiger partial charge on any atom is -0.364 e. The zero-order chi connectivity index (χ0) is 20.8. The number of nitrogens with zero attached hydrogens (tertiary/aromatic N) is 2. The third-order valence-electron chi connectivity index (χ3n) is 6.36. The van der Waals surface area contributed by atoms with Crippen molar-refractivity contribution in [1.29, 1.82) is 0 Å². The van der Waals surface area contributed by atoms with Gasteiger partial charge in [0.05, 0.1) is 16.2 Å². The molecule has 8 nitrogen and oxygen atoms in total. The lowest BCUT2D eigenvalue weighted by Crippen LogP contribution is -2.48. The van der Waals surface area contributed by atoms with Gasteiger partial charge >= 0.3 is 5.70 Å². The van der Waals surface area contributed by atoms with Gasteiger partial charge < -0.3 is 15.5 Å². The van der Waals surface area contributed by atoms with Crippen LogP contribution in [0.4, 0.5) is 5.69 Å². The smallest absolute Gasteiger partial charge is 0.310 e. The van der Waals surface area contributed by atoms with Crippen LogP contribution >= 0.6 is 0 Å². The fraction of sp³-hybridized carbons (Fsp3) is 0.182. The Kier molecular flexibility index (Phi) is 3.03. The first-order valence-corrected chi connectivity index (χ1v) is 9.68. The first kappa shape index (κ1) is 17.0. The third-order valence-corrected chi connectivity index (χ3v) is 6.36. The molecule has 0 aromatic heterocycles. The Morgan fingerprint density at radius 3 is 2.67 bits per heavy atom. The molecule has 148 valence electrons. The maximum atomic E-state index is 13.7. The fourth-order valence-corrected chi connectivity index (χ4v) is 5.24. The predicted molar refractivity (Wildman–Crippen MR) is 108 cm³/mol.